The molecule has 23 heavy (non-hydrogen) atoms. The van der Waals surface area contributed by atoms with Crippen LogP contribution in [0.25, 0.3) is 0 Å². The number of nitrogens with zero attached hydrogens (tertiary/aromatic N) is 3. The van der Waals surface area contributed by atoms with E-state index in [1.54, 1.807) is 6.33 Å². The summed E-state index contributed by atoms with van der Waals surface area (Å²) in [6, 6.07) is 7.64. The zero-order chi connectivity index (χ0) is 16.9. The van der Waals surface area contributed by atoms with E-state index in [2.05, 4.69) is 15.5 Å². The van der Waals surface area contributed by atoms with Gasteiger partial charge in [-0.1, -0.05) is 44.5 Å². The second-order valence-corrected chi connectivity index (χ2v) is 6.68. The normalized spacial score (nSPS) is 11.5. The van der Waals surface area contributed by atoms with Crippen molar-refractivity contribution < 1.29 is 4.79 Å². The van der Waals surface area contributed by atoms with Gasteiger partial charge in [0.1, 0.15) is 12.2 Å². The van der Waals surface area contributed by atoms with Crippen molar-refractivity contribution in [2.24, 2.45) is 5.41 Å². The third-order valence-corrected chi connectivity index (χ3v) is 4.04. The molecule has 0 saturated heterocycles. The Bertz CT molecular complexity index is 666. The van der Waals surface area contributed by atoms with Crippen molar-refractivity contribution in [3.8, 4) is 0 Å². The van der Waals surface area contributed by atoms with Crippen LogP contribution in [0.5, 0.6) is 0 Å². The average Bonchev–Trinajstić information content (AvgIpc) is 2.94. The third kappa shape index (κ3) is 4.79. The van der Waals surface area contributed by atoms with Crippen LogP contribution in [-0.4, -0.2) is 27.2 Å². The first kappa shape index (κ1) is 17.5. The molecule has 0 fully saturated rings. The number of carbonyl (C=O) groups excluding carboxylic acids is 1. The van der Waals surface area contributed by atoms with Crippen LogP contribution in [0.2, 0.25) is 5.02 Å². The Morgan fingerprint density at radius 2 is 2.17 bits per heavy atom. The smallest absolute Gasteiger partial charge is 0.226 e. The summed E-state index contributed by atoms with van der Waals surface area (Å²) in [7, 11) is 0. The van der Waals surface area contributed by atoms with E-state index in [4.69, 9.17) is 11.6 Å². The van der Waals surface area contributed by atoms with Crippen LogP contribution >= 0.6 is 11.6 Å². The fraction of sp³-hybridized carbons (Fsp3) is 0.471. The maximum absolute atomic E-state index is 12.5. The van der Waals surface area contributed by atoms with Crippen LogP contribution in [0.3, 0.4) is 0 Å². The van der Waals surface area contributed by atoms with Gasteiger partial charge in [-0.05, 0) is 24.1 Å². The topological polar surface area (TPSA) is 59.8 Å². The SMILES string of the molecule is CCc1nncn1CCNC(=O)C(C)(C)Cc1cccc(Cl)c1. The molecule has 0 spiro atoms. The van der Waals surface area contributed by atoms with E-state index in [9.17, 15) is 4.79 Å². The van der Waals surface area contributed by atoms with Crippen molar-refractivity contribution in [3.63, 3.8) is 0 Å². The second kappa shape index (κ2) is 7.59. The predicted molar refractivity (Wildman–Crippen MR) is 91.3 cm³/mol. The van der Waals surface area contributed by atoms with Gasteiger partial charge in [0, 0.05) is 29.9 Å². The lowest BCUT2D eigenvalue weighted by Crippen LogP contribution is -2.39. The van der Waals surface area contributed by atoms with Gasteiger partial charge in [0.15, 0.2) is 0 Å². The average molecular weight is 335 g/mol. The molecule has 124 valence electrons. The van der Waals surface area contributed by atoms with Crippen molar-refractivity contribution in [3.05, 3.63) is 47.0 Å². The Balaban J connectivity index is 1.88. The molecule has 0 unspecified atom stereocenters. The number of halogens is 1. The minimum Gasteiger partial charge on any atom is -0.354 e. The Kier molecular flexibility index (Phi) is 5.77. The van der Waals surface area contributed by atoms with Crippen molar-refractivity contribution in [2.75, 3.05) is 6.54 Å². The van der Waals surface area contributed by atoms with E-state index in [0.717, 1.165) is 17.8 Å². The standard InChI is InChI=1S/C17H23ClN4O/c1-4-15-21-20-12-22(15)9-8-19-16(23)17(2,3)11-13-6-5-7-14(18)10-13/h5-7,10,12H,4,8-9,11H2,1-3H3,(H,19,23). The summed E-state index contributed by atoms with van der Waals surface area (Å²) in [6.07, 6.45) is 3.17. The Morgan fingerprint density at radius 3 is 2.87 bits per heavy atom. The molecule has 1 amide bonds. The first-order valence-electron chi connectivity index (χ1n) is 7.82. The van der Waals surface area contributed by atoms with E-state index in [1.165, 1.54) is 0 Å². The number of aryl methyl sites for hydroxylation is 1. The van der Waals surface area contributed by atoms with Crippen LogP contribution in [0.4, 0.5) is 0 Å². The van der Waals surface area contributed by atoms with Crippen LogP contribution in [0.1, 0.15) is 32.2 Å². The maximum Gasteiger partial charge on any atom is 0.226 e. The fourth-order valence-electron chi connectivity index (χ4n) is 2.51. The van der Waals surface area contributed by atoms with Gasteiger partial charge in [0.2, 0.25) is 5.91 Å². The molecule has 0 atom stereocenters. The molecular weight excluding hydrogens is 312 g/mol. The van der Waals surface area contributed by atoms with Gasteiger partial charge in [-0.15, -0.1) is 10.2 Å². The molecule has 2 aromatic rings. The number of hydrogen-bond donors (Lipinski definition) is 1. The molecule has 0 saturated carbocycles. The number of amides is 1. The summed E-state index contributed by atoms with van der Waals surface area (Å²) < 4.78 is 1.96. The van der Waals surface area contributed by atoms with E-state index in [-0.39, 0.29) is 5.91 Å². The zero-order valence-corrected chi connectivity index (χ0v) is 14.6. The largest absolute Gasteiger partial charge is 0.354 e. The van der Waals surface area contributed by atoms with Crippen molar-refractivity contribution in [2.45, 2.75) is 40.2 Å². The number of nitrogens with one attached hydrogen (secondary N) is 1. The lowest BCUT2D eigenvalue weighted by molar-refractivity contribution is -0.129. The second-order valence-electron chi connectivity index (χ2n) is 6.24. The summed E-state index contributed by atoms with van der Waals surface area (Å²) >= 11 is 6.01. The maximum atomic E-state index is 12.5. The van der Waals surface area contributed by atoms with Crippen molar-refractivity contribution in [1.29, 1.82) is 0 Å². The van der Waals surface area contributed by atoms with E-state index < -0.39 is 5.41 Å². The van der Waals surface area contributed by atoms with Gasteiger partial charge in [-0.3, -0.25) is 4.79 Å². The summed E-state index contributed by atoms with van der Waals surface area (Å²) in [5.74, 6) is 0.959. The molecule has 5 nitrogen and oxygen atoms in total. The minimum atomic E-state index is -0.495. The van der Waals surface area contributed by atoms with Crippen LogP contribution < -0.4 is 5.32 Å². The molecule has 1 N–H and O–H groups in total. The molecule has 0 aliphatic rings. The quantitative estimate of drug-likeness (QED) is 0.847. The molecule has 0 radical (unpaired) electrons. The Hall–Kier alpha value is -1.88. The van der Waals surface area contributed by atoms with Gasteiger partial charge in [0.05, 0.1) is 0 Å². The number of benzene rings is 1. The molecule has 1 aromatic carbocycles. The third-order valence-electron chi connectivity index (χ3n) is 3.80. The van der Waals surface area contributed by atoms with E-state index >= 15 is 0 Å². The van der Waals surface area contributed by atoms with Crippen LogP contribution in [0, 0.1) is 5.41 Å². The highest BCUT2D eigenvalue weighted by molar-refractivity contribution is 6.30. The molecule has 6 heteroatoms. The highest BCUT2D eigenvalue weighted by Gasteiger charge is 2.27. The highest BCUT2D eigenvalue weighted by Crippen LogP contribution is 2.23. The summed E-state index contributed by atoms with van der Waals surface area (Å²) in [4.78, 5) is 12.5. The highest BCUT2D eigenvalue weighted by atomic mass is 35.5. The molecule has 0 aliphatic carbocycles. The van der Waals surface area contributed by atoms with Gasteiger partial charge in [0.25, 0.3) is 0 Å². The molecule has 1 aromatic heterocycles. The monoisotopic (exact) mass is 334 g/mol. The number of carbonyl (C=O) groups is 1. The van der Waals surface area contributed by atoms with Crippen molar-refractivity contribution in [1.82, 2.24) is 20.1 Å². The van der Waals surface area contributed by atoms with Crippen molar-refractivity contribution >= 4 is 17.5 Å². The number of rotatable bonds is 7. The molecule has 1 heterocycles. The summed E-state index contributed by atoms with van der Waals surface area (Å²) in [5.41, 5.74) is 0.565. The van der Waals surface area contributed by atoms with Gasteiger partial charge in [-0.25, -0.2) is 0 Å². The van der Waals surface area contributed by atoms with E-state index in [0.29, 0.717) is 24.5 Å². The minimum absolute atomic E-state index is 0.0311. The lowest BCUT2D eigenvalue weighted by Gasteiger charge is -2.24. The lowest BCUT2D eigenvalue weighted by atomic mass is 9.85. The summed E-state index contributed by atoms with van der Waals surface area (Å²) in [6.45, 7) is 7.16. The molecule has 0 bridgehead atoms. The molecular formula is C17H23ClN4O. The van der Waals surface area contributed by atoms with Gasteiger partial charge < -0.3 is 9.88 Å². The number of aromatic nitrogens is 3. The van der Waals surface area contributed by atoms with Crippen LogP contribution in [-0.2, 0) is 24.2 Å². The predicted octanol–water partition coefficient (Wildman–Crippen LogP) is 2.88. The first-order chi connectivity index (χ1) is 10.9. The molecule has 0 aliphatic heterocycles. The first-order valence-corrected chi connectivity index (χ1v) is 8.19. The van der Waals surface area contributed by atoms with E-state index in [1.807, 2.05) is 49.6 Å². The van der Waals surface area contributed by atoms with Gasteiger partial charge in [-0.2, -0.15) is 0 Å². The zero-order valence-electron chi connectivity index (χ0n) is 13.8. The Morgan fingerprint density at radius 1 is 1.39 bits per heavy atom. The summed E-state index contributed by atoms with van der Waals surface area (Å²) in [5, 5.41) is 11.6. The Labute approximate surface area is 142 Å². The van der Waals surface area contributed by atoms with Crippen LogP contribution in [0.15, 0.2) is 30.6 Å². The van der Waals surface area contributed by atoms with Gasteiger partial charge >= 0.3 is 0 Å². The fourth-order valence-corrected chi connectivity index (χ4v) is 2.72. The molecule has 2 rings (SSSR count). The number of hydrogen-bond acceptors (Lipinski definition) is 3.